The predicted octanol–water partition coefficient (Wildman–Crippen LogP) is 3.21. The number of hydrogen-bond donors (Lipinski definition) is 1. The molecule has 1 fully saturated rings. The first kappa shape index (κ1) is 18.9. The second-order valence-corrected chi connectivity index (χ2v) is 7.68. The molecular formula is C18H39N3. The van der Waals surface area contributed by atoms with Crippen LogP contribution in [0.25, 0.3) is 0 Å². The van der Waals surface area contributed by atoms with Crippen molar-refractivity contribution in [3.63, 3.8) is 0 Å². The van der Waals surface area contributed by atoms with Crippen LogP contribution >= 0.6 is 0 Å². The maximum Gasteiger partial charge on any atom is 0.0117 e. The summed E-state index contributed by atoms with van der Waals surface area (Å²) in [6, 6.07) is 1.36. The molecule has 0 saturated carbocycles. The van der Waals surface area contributed by atoms with Gasteiger partial charge in [-0.25, -0.2) is 0 Å². The number of hydrogen-bond acceptors (Lipinski definition) is 3. The van der Waals surface area contributed by atoms with E-state index < -0.39 is 0 Å². The smallest absolute Gasteiger partial charge is 0.0117 e. The Hall–Kier alpha value is -0.120. The van der Waals surface area contributed by atoms with Crippen molar-refractivity contribution in [3.05, 3.63) is 0 Å². The zero-order valence-corrected chi connectivity index (χ0v) is 15.4. The molecule has 3 nitrogen and oxygen atoms in total. The van der Waals surface area contributed by atoms with Crippen molar-refractivity contribution in [2.24, 2.45) is 5.41 Å². The Morgan fingerprint density at radius 2 is 1.86 bits per heavy atom. The van der Waals surface area contributed by atoms with Crippen LogP contribution in [0.2, 0.25) is 0 Å². The molecule has 0 aromatic rings. The summed E-state index contributed by atoms with van der Waals surface area (Å²) in [7, 11) is 2.34. The Labute approximate surface area is 133 Å². The van der Waals surface area contributed by atoms with Gasteiger partial charge in [-0.3, -0.25) is 0 Å². The second-order valence-electron chi connectivity index (χ2n) is 7.68. The molecule has 0 amide bonds. The van der Waals surface area contributed by atoms with Crippen molar-refractivity contribution < 1.29 is 0 Å². The lowest BCUT2D eigenvalue weighted by atomic mass is 9.84. The molecule has 1 aliphatic rings. The van der Waals surface area contributed by atoms with Gasteiger partial charge in [-0.1, -0.05) is 41.0 Å². The molecule has 1 unspecified atom stereocenters. The topological polar surface area (TPSA) is 18.5 Å². The summed E-state index contributed by atoms with van der Waals surface area (Å²) in [6.45, 7) is 17.7. The second kappa shape index (κ2) is 9.12. The molecule has 1 heterocycles. The van der Waals surface area contributed by atoms with Gasteiger partial charge < -0.3 is 15.1 Å². The van der Waals surface area contributed by atoms with E-state index in [9.17, 15) is 0 Å². The lowest BCUT2D eigenvalue weighted by molar-refractivity contribution is 0.0873. The summed E-state index contributed by atoms with van der Waals surface area (Å²) in [6.07, 6.45) is 5.26. The zero-order valence-electron chi connectivity index (χ0n) is 15.4. The van der Waals surface area contributed by atoms with E-state index in [1.165, 1.54) is 51.9 Å². The molecule has 0 spiro atoms. The van der Waals surface area contributed by atoms with Crippen LogP contribution in [0.1, 0.15) is 60.3 Å². The van der Waals surface area contributed by atoms with Crippen molar-refractivity contribution >= 4 is 0 Å². The summed E-state index contributed by atoms with van der Waals surface area (Å²) in [4.78, 5) is 5.22. The molecule has 0 aromatic carbocycles. The Balaban J connectivity index is 2.49. The van der Waals surface area contributed by atoms with Crippen LogP contribution < -0.4 is 5.32 Å². The monoisotopic (exact) mass is 297 g/mol. The first-order chi connectivity index (χ1) is 9.90. The number of rotatable bonds is 9. The average molecular weight is 298 g/mol. The van der Waals surface area contributed by atoms with E-state index in [4.69, 9.17) is 0 Å². The van der Waals surface area contributed by atoms with Gasteiger partial charge in [0.15, 0.2) is 0 Å². The van der Waals surface area contributed by atoms with Crippen LogP contribution in [-0.4, -0.2) is 61.7 Å². The van der Waals surface area contributed by atoms with Crippen LogP contribution in [0.5, 0.6) is 0 Å². The molecule has 1 aliphatic heterocycles. The first-order valence-corrected chi connectivity index (χ1v) is 9.06. The van der Waals surface area contributed by atoms with E-state index in [-0.39, 0.29) is 0 Å². The van der Waals surface area contributed by atoms with Gasteiger partial charge in [0.25, 0.3) is 0 Å². The lowest BCUT2D eigenvalue weighted by Gasteiger charge is -2.41. The fourth-order valence-electron chi connectivity index (χ4n) is 3.68. The standard InChI is InChI=1S/C18H39N3/c1-7-11-18(5,14-19-16(3)4)15-20(6)17-9-12-21(8-2)13-10-17/h16-17,19H,7-15H2,1-6H3. The number of likely N-dealkylation sites (tertiary alicyclic amines) is 1. The van der Waals surface area contributed by atoms with Crippen LogP contribution in [0.15, 0.2) is 0 Å². The fraction of sp³-hybridized carbons (Fsp3) is 1.00. The van der Waals surface area contributed by atoms with Gasteiger partial charge in [-0.15, -0.1) is 0 Å². The van der Waals surface area contributed by atoms with Gasteiger partial charge in [-0.05, 0) is 51.4 Å². The predicted molar refractivity (Wildman–Crippen MR) is 93.9 cm³/mol. The average Bonchev–Trinajstić information content (AvgIpc) is 2.45. The van der Waals surface area contributed by atoms with Crippen LogP contribution in [0, 0.1) is 5.41 Å². The Morgan fingerprint density at radius 1 is 1.24 bits per heavy atom. The molecule has 0 aromatic heterocycles. The first-order valence-electron chi connectivity index (χ1n) is 9.06. The molecule has 1 atom stereocenters. The van der Waals surface area contributed by atoms with Crippen molar-refractivity contribution in [2.75, 3.05) is 39.8 Å². The van der Waals surface area contributed by atoms with Gasteiger partial charge in [-0.2, -0.15) is 0 Å². The molecule has 3 heteroatoms. The Morgan fingerprint density at radius 3 is 2.33 bits per heavy atom. The SMILES string of the molecule is CCCC(C)(CNC(C)C)CN(C)C1CCN(CC)CC1. The normalized spacial score (nSPS) is 21.1. The summed E-state index contributed by atoms with van der Waals surface area (Å²) < 4.78 is 0. The van der Waals surface area contributed by atoms with E-state index in [0.717, 1.165) is 12.6 Å². The molecular weight excluding hydrogens is 258 g/mol. The highest BCUT2D eigenvalue weighted by Gasteiger charge is 2.29. The third-order valence-electron chi connectivity index (χ3n) is 5.05. The highest BCUT2D eigenvalue weighted by molar-refractivity contribution is 4.85. The van der Waals surface area contributed by atoms with Gasteiger partial charge in [0.05, 0.1) is 0 Å². The van der Waals surface area contributed by atoms with Crippen LogP contribution in [-0.2, 0) is 0 Å². The van der Waals surface area contributed by atoms with E-state index in [2.05, 4.69) is 56.8 Å². The molecule has 21 heavy (non-hydrogen) atoms. The van der Waals surface area contributed by atoms with E-state index in [0.29, 0.717) is 11.5 Å². The van der Waals surface area contributed by atoms with Crippen LogP contribution in [0.4, 0.5) is 0 Å². The molecule has 0 aliphatic carbocycles. The highest BCUT2D eigenvalue weighted by atomic mass is 15.2. The molecule has 1 rings (SSSR count). The largest absolute Gasteiger partial charge is 0.314 e. The zero-order chi connectivity index (χ0) is 15.9. The number of piperidine rings is 1. The lowest BCUT2D eigenvalue weighted by Crippen LogP contribution is -2.49. The quantitative estimate of drug-likeness (QED) is 0.705. The minimum absolute atomic E-state index is 0.398. The number of nitrogens with zero attached hydrogens (tertiary/aromatic N) is 2. The summed E-state index contributed by atoms with van der Waals surface area (Å²) >= 11 is 0. The third kappa shape index (κ3) is 6.66. The summed E-state index contributed by atoms with van der Waals surface area (Å²) in [5.41, 5.74) is 0.398. The maximum atomic E-state index is 3.66. The molecule has 0 bridgehead atoms. The van der Waals surface area contributed by atoms with E-state index in [1.807, 2.05) is 0 Å². The van der Waals surface area contributed by atoms with Crippen molar-refractivity contribution in [3.8, 4) is 0 Å². The minimum Gasteiger partial charge on any atom is -0.314 e. The van der Waals surface area contributed by atoms with Crippen molar-refractivity contribution in [2.45, 2.75) is 72.4 Å². The van der Waals surface area contributed by atoms with E-state index in [1.54, 1.807) is 0 Å². The van der Waals surface area contributed by atoms with E-state index >= 15 is 0 Å². The number of nitrogens with one attached hydrogen (secondary N) is 1. The Kier molecular flexibility index (Phi) is 8.22. The van der Waals surface area contributed by atoms with Gasteiger partial charge >= 0.3 is 0 Å². The summed E-state index contributed by atoms with van der Waals surface area (Å²) in [5.74, 6) is 0. The molecule has 1 N–H and O–H groups in total. The van der Waals surface area contributed by atoms with Gasteiger partial charge in [0.2, 0.25) is 0 Å². The van der Waals surface area contributed by atoms with Crippen LogP contribution in [0.3, 0.4) is 0 Å². The van der Waals surface area contributed by atoms with Crippen molar-refractivity contribution in [1.29, 1.82) is 0 Å². The third-order valence-corrected chi connectivity index (χ3v) is 5.05. The maximum absolute atomic E-state index is 3.66. The Bertz CT molecular complexity index is 272. The molecule has 1 saturated heterocycles. The molecule has 0 radical (unpaired) electrons. The summed E-state index contributed by atoms with van der Waals surface area (Å²) in [5, 5.41) is 3.66. The van der Waals surface area contributed by atoms with Gasteiger partial charge in [0, 0.05) is 25.2 Å². The van der Waals surface area contributed by atoms with Gasteiger partial charge in [0.1, 0.15) is 0 Å². The molecule has 126 valence electrons. The fourth-order valence-corrected chi connectivity index (χ4v) is 3.68. The minimum atomic E-state index is 0.398. The van der Waals surface area contributed by atoms with Crippen molar-refractivity contribution in [1.82, 2.24) is 15.1 Å². The highest BCUT2D eigenvalue weighted by Crippen LogP contribution is 2.26.